The first-order valence-electron chi connectivity index (χ1n) is 9.85. The van der Waals surface area contributed by atoms with Gasteiger partial charge in [-0.25, -0.2) is 0 Å². The second kappa shape index (κ2) is 11.5. The van der Waals surface area contributed by atoms with Gasteiger partial charge in [-0.1, -0.05) is 43.9 Å². The van der Waals surface area contributed by atoms with Gasteiger partial charge in [0.05, 0.1) is 17.2 Å². The quantitative estimate of drug-likeness (QED) is 0.301. The predicted octanol–water partition coefficient (Wildman–Crippen LogP) is 6.63. The summed E-state index contributed by atoms with van der Waals surface area (Å²) in [6, 6.07) is 9.67. The third-order valence-corrected chi connectivity index (χ3v) is 4.30. The topological polar surface area (TPSA) is 53.2 Å². The van der Waals surface area contributed by atoms with Crippen molar-refractivity contribution in [2.45, 2.75) is 32.5 Å². The third kappa shape index (κ3) is 7.11. The first kappa shape index (κ1) is 24.4. The maximum atomic E-state index is 13.3. The van der Waals surface area contributed by atoms with Crippen LogP contribution in [0.1, 0.15) is 47.6 Å². The summed E-state index contributed by atoms with van der Waals surface area (Å²) in [5, 5.41) is 18.6. The Morgan fingerprint density at radius 2 is 1.88 bits per heavy atom. The Labute approximate surface area is 185 Å². The highest BCUT2D eigenvalue weighted by atomic mass is 19.4. The van der Waals surface area contributed by atoms with Gasteiger partial charge in [0.2, 0.25) is 0 Å². The Kier molecular flexibility index (Phi) is 8.74. The molecule has 2 aromatic carbocycles. The van der Waals surface area contributed by atoms with E-state index in [4.69, 9.17) is 4.74 Å². The molecule has 0 bridgehead atoms. The second-order valence-electron chi connectivity index (χ2n) is 6.74. The summed E-state index contributed by atoms with van der Waals surface area (Å²) < 4.78 is 45.7. The van der Waals surface area contributed by atoms with E-state index >= 15 is 0 Å². The zero-order valence-electron chi connectivity index (χ0n) is 17.5. The van der Waals surface area contributed by atoms with Crippen molar-refractivity contribution in [1.29, 1.82) is 5.26 Å². The number of nitriles is 1. The summed E-state index contributed by atoms with van der Waals surface area (Å²) in [6.07, 6.45) is 4.12. The number of benzene rings is 2. The SMILES string of the molecule is C=C/C=C\C(=C/CCC)OCc1cc(C#N)ccc1C#Cc1ccc(O)cc1C(F)(F)F. The fourth-order valence-electron chi connectivity index (χ4n) is 2.70. The smallest absolute Gasteiger partial charge is 0.417 e. The monoisotopic (exact) mass is 437 g/mol. The van der Waals surface area contributed by atoms with E-state index in [-0.39, 0.29) is 12.2 Å². The van der Waals surface area contributed by atoms with Gasteiger partial charge < -0.3 is 9.84 Å². The number of phenols is 1. The molecule has 0 unspecified atom stereocenters. The molecule has 0 aliphatic carbocycles. The molecule has 0 saturated heterocycles. The number of allylic oxidation sites excluding steroid dienone is 4. The molecule has 0 fully saturated rings. The van der Waals surface area contributed by atoms with E-state index in [1.165, 1.54) is 0 Å². The van der Waals surface area contributed by atoms with Crippen molar-refractivity contribution in [2.75, 3.05) is 0 Å². The van der Waals surface area contributed by atoms with Gasteiger partial charge in [0.25, 0.3) is 0 Å². The molecule has 0 saturated carbocycles. The van der Waals surface area contributed by atoms with Crippen molar-refractivity contribution < 1.29 is 23.0 Å². The number of ether oxygens (including phenoxy) is 1. The molecule has 2 aromatic rings. The molecule has 3 nitrogen and oxygen atoms in total. The van der Waals surface area contributed by atoms with Crippen molar-refractivity contribution in [3.05, 3.63) is 101 Å². The molecule has 0 amide bonds. The van der Waals surface area contributed by atoms with Crippen LogP contribution in [0, 0.1) is 23.2 Å². The highest BCUT2D eigenvalue weighted by molar-refractivity contribution is 5.52. The standard InChI is InChI=1S/C26H22F3NO2/c1-3-5-7-24(8-6-4-2)32-18-22-15-19(17-30)9-10-20(22)11-12-21-13-14-23(31)16-25(21)26(27,28)29/h3,5,7-10,13-16,31H,1,4,6,18H2,2H3/b7-5-,24-8+. The average molecular weight is 437 g/mol. The minimum Gasteiger partial charge on any atom is -0.508 e. The summed E-state index contributed by atoms with van der Waals surface area (Å²) in [5.74, 6) is 5.41. The number of nitrogens with zero attached hydrogens (tertiary/aromatic N) is 1. The van der Waals surface area contributed by atoms with Crippen LogP contribution in [0.4, 0.5) is 13.2 Å². The van der Waals surface area contributed by atoms with Crippen LogP contribution in [0.15, 0.2) is 73.0 Å². The summed E-state index contributed by atoms with van der Waals surface area (Å²) in [7, 11) is 0. The summed E-state index contributed by atoms with van der Waals surface area (Å²) in [4.78, 5) is 0. The molecular formula is C26H22F3NO2. The molecule has 0 aliphatic rings. The molecule has 0 radical (unpaired) electrons. The first-order chi connectivity index (χ1) is 15.3. The lowest BCUT2D eigenvalue weighted by atomic mass is 10.0. The Morgan fingerprint density at radius 3 is 2.53 bits per heavy atom. The number of hydrogen-bond donors (Lipinski definition) is 1. The summed E-state index contributed by atoms with van der Waals surface area (Å²) >= 11 is 0. The second-order valence-corrected chi connectivity index (χ2v) is 6.74. The Hall–Kier alpha value is -3.90. The number of phenolic OH excluding ortho intramolecular Hbond substituents is 1. The van der Waals surface area contributed by atoms with Gasteiger partial charge in [-0.2, -0.15) is 18.4 Å². The molecule has 6 heteroatoms. The molecule has 32 heavy (non-hydrogen) atoms. The van der Waals surface area contributed by atoms with E-state index in [1.807, 2.05) is 19.1 Å². The first-order valence-corrected chi connectivity index (χ1v) is 9.85. The molecule has 0 spiro atoms. The fourth-order valence-corrected chi connectivity index (χ4v) is 2.70. The van der Waals surface area contributed by atoms with Crippen LogP contribution in [-0.2, 0) is 17.5 Å². The Morgan fingerprint density at radius 1 is 1.16 bits per heavy atom. The van der Waals surface area contributed by atoms with E-state index < -0.39 is 17.5 Å². The van der Waals surface area contributed by atoms with Crippen molar-refractivity contribution in [3.8, 4) is 23.7 Å². The van der Waals surface area contributed by atoms with E-state index in [0.29, 0.717) is 28.5 Å². The van der Waals surface area contributed by atoms with E-state index in [2.05, 4.69) is 18.4 Å². The minimum atomic E-state index is -4.66. The number of halogens is 3. The lowest BCUT2D eigenvalue weighted by Crippen LogP contribution is -2.07. The van der Waals surface area contributed by atoms with Gasteiger partial charge in [-0.05, 0) is 55.0 Å². The van der Waals surface area contributed by atoms with Crippen LogP contribution in [0.25, 0.3) is 0 Å². The Balaban J connectivity index is 2.41. The van der Waals surface area contributed by atoms with E-state index in [0.717, 1.165) is 25.0 Å². The molecule has 0 atom stereocenters. The lowest BCUT2D eigenvalue weighted by molar-refractivity contribution is -0.137. The Bertz CT molecular complexity index is 1130. The van der Waals surface area contributed by atoms with Crippen LogP contribution in [-0.4, -0.2) is 5.11 Å². The largest absolute Gasteiger partial charge is 0.508 e. The van der Waals surface area contributed by atoms with Gasteiger partial charge in [0.15, 0.2) is 0 Å². The maximum absolute atomic E-state index is 13.3. The summed E-state index contributed by atoms with van der Waals surface area (Å²) in [5.41, 5.74) is 0.112. The van der Waals surface area contributed by atoms with E-state index in [1.54, 1.807) is 36.4 Å². The van der Waals surface area contributed by atoms with Crippen molar-refractivity contribution >= 4 is 0 Å². The zero-order chi connectivity index (χ0) is 23.6. The molecule has 2 rings (SSSR count). The molecule has 164 valence electrons. The van der Waals surface area contributed by atoms with E-state index in [9.17, 15) is 23.5 Å². The zero-order valence-corrected chi connectivity index (χ0v) is 17.5. The average Bonchev–Trinajstić information content (AvgIpc) is 2.77. The number of unbranched alkanes of at least 4 members (excludes halogenated alkanes) is 1. The normalized spacial score (nSPS) is 11.5. The number of aromatic hydroxyl groups is 1. The lowest BCUT2D eigenvalue weighted by Gasteiger charge is -2.10. The van der Waals surface area contributed by atoms with Crippen molar-refractivity contribution in [2.24, 2.45) is 0 Å². The van der Waals surface area contributed by atoms with Crippen LogP contribution < -0.4 is 0 Å². The molecule has 0 heterocycles. The molecule has 0 aliphatic heterocycles. The van der Waals surface area contributed by atoms with Crippen LogP contribution in [0.2, 0.25) is 0 Å². The molecular weight excluding hydrogens is 415 g/mol. The minimum absolute atomic E-state index is 0.0816. The van der Waals surface area contributed by atoms with Gasteiger partial charge in [-0.15, -0.1) is 0 Å². The van der Waals surface area contributed by atoms with Crippen molar-refractivity contribution in [3.63, 3.8) is 0 Å². The third-order valence-electron chi connectivity index (χ3n) is 4.30. The highest BCUT2D eigenvalue weighted by Gasteiger charge is 2.33. The number of alkyl halides is 3. The number of rotatable bonds is 7. The highest BCUT2D eigenvalue weighted by Crippen LogP contribution is 2.33. The van der Waals surface area contributed by atoms with Crippen LogP contribution >= 0.6 is 0 Å². The predicted molar refractivity (Wildman–Crippen MR) is 117 cm³/mol. The van der Waals surface area contributed by atoms with Crippen LogP contribution in [0.3, 0.4) is 0 Å². The number of hydrogen-bond acceptors (Lipinski definition) is 3. The van der Waals surface area contributed by atoms with Crippen LogP contribution in [0.5, 0.6) is 5.75 Å². The summed E-state index contributed by atoms with van der Waals surface area (Å²) in [6.45, 7) is 5.75. The molecule has 0 aromatic heterocycles. The fraction of sp³-hybridized carbons (Fsp3) is 0.192. The molecule has 1 N–H and O–H groups in total. The van der Waals surface area contributed by atoms with Gasteiger partial charge in [0, 0.05) is 16.7 Å². The maximum Gasteiger partial charge on any atom is 0.417 e. The van der Waals surface area contributed by atoms with Gasteiger partial charge in [-0.3, -0.25) is 0 Å². The van der Waals surface area contributed by atoms with Gasteiger partial charge in [0.1, 0.15) is 18.1 Å². The van der Waals surface area contributed by atoms with Crippen molar-refractivity contribution in [1.82, 2.24) is 0 Å². The van der Waals surface area contributed by atoms with Gasteiger partial charge >= 0.3 is 6.18 Å².